The van der Waals surface area contributed by atoms with Gasteiger partial charge in [-0.25, -0.2) is 4.98 Å². The van der Waals surface area contributed by atoms with E-state index in [1.165, 1.54) is 0 Å². The molecule has 80 valence electrons. The van der Waals surface area contributed by atoms with Gasteiger partial charge in [-0.1, -0.05) is 0 Å². The van der Waals surface area contributed by atoms with Gasteiger partial charge in [-0.3, -0.25) is 9.18 Å². The van der Waals surface area contributed by atoms with Gasteiger partial charge >= 0.3 is 0 Å². The van der Waals surface area contributed by atoms with Crippen LogP contribution in [-0.4, -0.2) is 31.0 Å². The van der Waals surface area contributed by atoms with E-state index in [-0.39, 0.29) is 12.6 Å². The van der Waals surface area contributed by atoms with E-state index in [0.29, 0.717) is 5.56 Å². The summed E-state index contributed by atoms with van der Waals surface area (Å²) in [5, 5.41) is 0. The Morgan fingerprint density at radius 3 is 3.00 bits per heavy atom. The molecular formula is C11H13FN2O. The highest BCUT2D eigenvalue weighted by atomic mass is 19.1. The van der Waals surface area contributed by atoms with Crippen LogP contribution in [0.5, 0.6) is 0 Å². The molecule has 1 aromatic heterocycles. The number of anilines is 1. The van der Waals surface area contributed by atoms with Crippen LogP contribution in [0.4, 0.5) is 10.2 Å². The molecule has 1 fully saturated rings. The first-order valence-corrected chi connectivity index (χ1v) is 5.05. The highest BCUT2D eigenvalue weighted by Crippen LogP contribution is 2.22. The van der Waals surface area contributed by atoms with E-state index in [2.05, 4.69) is 9.88 Å². The third kappa shape index (κ3) is 2.14. The largest absolute Gasteiger partial charge is 0.356 e. The van der Waals surface area contributed by atoms with Crippen LogP contribution in [0, 0.1) is 5.92 Å². The van der Waals surface area contributed by atoms with Gasteiger partial charge in [0.05, 0.1) is 6.67 Å². The van der Waals surface area contributed by atoms with Crippen molar-refractivity contribution in [2.24, 2.45) is 5.92 Å². The van der Waals surface area contributed by atoms with Gasteiger partial charge in [0.1, 0.15) is 5.82 Å². The fourth-order valence-electron chi connectivity index (χ4n) is 1.82. The van der Waals surface area contributed by atoms with Crippen molar-refractivity contribution in [3.05, 3.63) is 23.9 Å². The molecule has 1 saturated heterocycles. The third-order valence-corrected chi connectivity index (χ3v) is 2.73. The second kappa shape index (κ2) is 4.38. The smallest absolute Gasteiger partial charge is 0.151 e. The van der Waals surface area contributed by atoms with Crippen molar-refractivity contribution in [2.45, 2.75) is 6.42 Å². The lowest BCUT2D eigenvalue weighted by molar-refractivity contribution is 0.112. The van der Waals surface area contributed by atoms with Crippen LogP contribution in [0.2, 0.25) is 0 Å². The average molecular weight is 208 g/mol. The molecule has 1 aliphatic heterocycles. The van der Waals surface area contributed by atoms with Gasteiger partial charge in [0.2, 0.25) is 0 Å². The molecule has 1 unspecified atom stereocenters. The molecule has 1 aliphatic rings. The number of pyridine rings is 1. The summed E-state index contributed by atoms with van der Waals surface area (Å²) in [6.07, 6.45) is 3.20. The summed E-state index contributed by atoms with van der Waals surface area (Å²) < 4.78 is 12.4. The molecular weight excluding hydrogens is 195 g/mol. The standard InChI is InChI=1S/C11H13FN2O/c12-5-9-3-4-14(7-9)11-2-1-10(8-15)6-13-11/h1-2,6,8-9H,3-5,7H2. The Balaban J connectivity index is 2.07. The van der Waals surface area contributed by atoms with E-state index < -0.39 is 0 Å². The lowest BCUT2D eigenvalue weighted by Crippen LogP contribution is -2.21. The summed E-state index contributed by atoms with van der Waals surface area (Å²) in [5.41, 5.74) is 0.569. The van der Waals surface area contributed by atoms with Crippen molar-refractivity contribution in [3.8, 4) is 0 Å². The number of halogens is 1. The lowest BCUT2D eigenvalue weighted by atomic mass is 10.1. The summed E-state index contributed by atoms with van der Waals surface area (Å²) in [4.78, 5) is 16.7. The molecule has 0 bridgehead atoms. The number of aldehydes is 1. The normalized spacial score (nSPS) is 20.6. The number of hydrogen-bond acceptors (Lipinski definition) is 3. The minimum Gasteiger partial charge on any atom is -0.356 e. The zero-order valence-corrected chi connectivity index (χ0v) is 8.40. The Kier molecular flexibility index (Phi) is 2.94. The second-order valence-corrected chi connectivity index (χ2v) is 3.82. The third-order valence-electron chi connectivity index (χ3n) is 2.73. The molecule has 1 atom stereocenters. The van der Waals surface area contributed by atoms with E-state index in [1.54, 1.807) is 12.3 Å². The summed E-state index contributed by atoms with van der Waals surface area (Å²) in [6.45, 7) is 1.31. The van der Waals surface area contributed by atoms with Crippen LogP contribution >= 0.6 is 0 Å². The number of hydrogen-bond donors (Lipinski definition) is 0. The van der Waals surface area contributed by atoms with Crippen LogP contribution in [0.1, 0.15) is 16.8 Å². The maximum atomic E-state index is 12.4. The van der Waals surface area contributed by atoms with Gasteiger partial charge in [0.15, 0.2) is 6.29 Å². The monoisotopic (exact) mass is 208 g/mol. The van der Waals surface area contributed by atoms with Crippen LogP contribution in [0.3, 0.4) is 0 Å². The van der Waals surface area contributed by atoms with Crippen molar-refractivity contribution in [1.29, 1.82) is 0 Å². The number of alkyl halides is 1. The molecule has 0 amide bonds. The Labute approximate surface area is 87.9 Å². The molecule has 0 radical (unpaired) electrons. The fraction of sp³-hybridized carbons (Fsp3) is 0.455. The van der Waals surface area contributed by atoms with E-state index in [4.69, 9.17) is 0 Å². The van der Waals surface area contributed by atoms with E-state index >= 15 is 0 Å². The van der Waals surface area contributed by atoms with E-state index in [0.717, 1.165) is 31.6 Å². The highest BCUT2D eigenvalue weighted by Gasteiger charge is 2.22. The lowest BCUT2D eigenvalue weighted by Gasteiger charge is -2.16. The van der Waals surface area contributed by atoms with Crippen molar-refractivity contribution < 1.29 is 9.18 Å². The molecule has 2 heterocycles. The van der Waals surface area contributed by atoms with Crippen LogP contribution < -0.4 is 4.90 Å². The van der Waals surface area contributed by atoms with Crippen LogP contribution in [-0.2, 0) is 0 Å². The molecule has 15 heavy (non-hydrogen) atoms. The number of nitrogens with zero attached hydrogens (tertiary/aromatic N) is 2. The van der Waals surface area contributed by atoms with Crippen molar-refractivity contribution in [3.63, 3.8) is 0 Å². The molecule has 0 saturated carbocycles. The Morgan fingerprint density at radius 1 is 1.60 bits per heavy atom. The minimum atomic E-state index is -0.261. The molecule has 2 rings (SSSR count). The maximum Gasteiger partial charge on any atom is 0.151 e. The predicted octanol–water partition coefficient (Wildman–Crippen LogP) is 1.69. The predicted molar refractivity (Wildman–Crippen MR) is 55.9 cm³/mol. The zero-order chi connectivity index (χ0) is 10.7. The molecule has 0 spiro atoms. The number of aromatic nitrogens is 1. The maximum absolute atomic E-state index is 12.4. The van der Waals surface area contributed by atoms with Gasteiger partial charge < -0.3 is 4.90 Å². The van der Waals surface area contributed by atoms with Gasteiger partial charge in [-0.05, 0) is 18.6 Å². The van der Waals surface area contributed by atoms with Crippen molar-refractivity contribution in [1.82, 2.24) is 4.98 Å². The molecule has 0 N–H and O–H groups in total. The molecule has 4 heteroatoms. The Bertz CT molecular complexity index is 339. The highest BCUT2D eigenvalue weighted by molar-refractivity contribution is 5.74. The fourth-order valence-corrected chi connectivity index (χ4v) is 1.82. The SMILES string of the molecule is O=Cc1ccc(N2CCC(CF)C2)nc1. The Morgan fingerprint density at radius 2 is 2.47 bits per heavy atom. The summed E-state index contributed by atoms with van der Waals surface area (Å²) >= 11 is 0. The second-order valence-electron chi connectivity index (χ2n) is 3.82. The number of rotatable bonds is 3. The van der Waals surface area contributed by atoms with Gasteiger partial charge in [-0.15, -0.1) is 0 Å². The van der Waals surface area contributed by atoms with Gasteiger partial charge in [0, 0.05) is 30.8 Å². The summed E-state index contributed by atoms with van der Waals surface area (Å²) in [7, 11) is 0. The minimum absolute atomic E-state index is 0.137. The molecule has 0 aromatic carbocycles. The van der Waals surface area contributed by atoms with Crippen molar-refractivity contribution in [2.75, 3.05) is 24.7 Å². The van der Waals surface area contributed by atoms with Gasteiger partial charge in [-0.2, -0.15) is 0 Å². The molecule has 3 nitrogen and oxygen atoms in total. The van der Waals surface area contributed by atoms with E-state index in [9.17, 15) is 9.18 Å². The number of carbonyl (C=O) groups excluding carboxylic acids is 1. The molecule has 1 aromatic rings. The van der Waals surface area contributed by atoms with Crippen molar-refractivity contribution >= 4 is 12.1 Å². The zero-order valence-electron chi connectivity index (χ0n) is 8.40. The first kappa shape index (κ1) is 10.1. The summed E-state index contributed by atoms with van der Waals surface area (Å²) in [5.74, 6) is 0.967. The number of carbonyl (C=O) groups is 1. The average Bonchev–Trinajstić information content (AvgIpc) is 2.78. The quantitative estimate of drug-likeness (QED) is 0.709. The van der Waals surface area contributed by atoms with E-state index in [1.807, 2.05) is 6.07 Å². The summed E-state index contributed by atoms with van der Waals surface area (Å²) in [6, 6.07) is 3.54. The first-order valence-electron chi connectivity index (χ1n) is 5.05. The van der Waals surface area contributed by atoms with Gasteiger partial charge in [0.25, 0.3) is 0 Å². The first-order chi connectivity index (χ1) is 7.33. The van der Waals surface area contributed by atoms with Crippen LogP contribution in [0.25, 0.3) is 0 Å². The Hall–Kier alpha value is -1.45. The molecule has 0 aliphatic carbocycles. The topological polar surface area (TPSA) is 33.2 Å². The van der Waals surface area contributed by atoms with Crippen LogP contribution in [0.15, 0.2) is 18.3 Å².